The summed E-state index contributed by atoms with van der Waals surface area (Å²) in [5.41, 5.74) is 1.75. The first-order chi connectivity index (χ1) is 12.3. The standard InChI is InChI=1S/C20H24N2O3/c1-24-19-10-6-5-9-17(19)20(23)21-15-18(16-7-3-2-4-8-16)22-11-13-25-14-12-22/h2-10,18H,11-15H2,1H3,(H,21,23). The lowest BCUT2D eigenvalue weighted by molar-refractivity contribution is 0.0162. The van der Waals surface area contributed by atoms with Gasteiger partial charge in [-0.2, -0.15) is 0 Å². The topological polar surface area (TPSA) is 50.8 Å². The fraction of sp³-hybridized carbons (Fsp3) is 0.350. The second-order valence-electron chi connectivity index (χ2n) is 5.99. The molecular weight excluding hydrogens is 316 g/mol. The Hall–Kier alpha value is -2.37. The van der Waals surface area contributed by atoms with Crippen LogP contribution in [0.3, 0.4) is 0 Å². The third-order valence-corrected chi connectivity index (χ3v) is 4.48. The third-order valence-electron chi connectivity index (χ3n) is 4.48. The van der Waals surface area contributed by atoms with E-state index >= 15 is 0 Å². The van der Waals surface area contributed by atoms with Crippen LogP contribution in [0, 0.1) is 0 Å². The number of benzene rings is 2. The van der Waals surface area contributed by atoms with E-state index < -0.39 is 0 Å². The Morgan fingerprint density at radius 3 is 2.52 bits per heavy atom. The zero-order valence-electron chi connectivity index (χ0n) is 14.5. The van der Waals surface area contributed by atoms with Gasteiger partial charge in [-0.3, -0.25) is 9.69 Å². The van der Waals surface area contributed by atoms with Gasteiger partial charge < -0.3 is 14.8 Å². The molecule has 25 heavy (non-hydrogen) atoms. The van der Waals surface area contributed by atoms with Gasteiger partial charge in [-0.25, -0.2) is 0 Å². The number of hydrogen-bond acceptors (Lipinski definition) is 4. The van der Waals surface area contributed by atoms with Gasteiger partial charge in [-0.15, -0.1) is 0 Å². The molecule has 0 saturated carbocycles. The molecule has 0 radical (unpaired) electrons. The molecule has 5 nitrogen and oxygen atoms in total. The highest BCUT2D eigenvalue weighted by atomic mass is 16.5. The summed E-state index contributed by atoms with van der Waals surface area (Å²) >= 11 is 0. The Morgan fingerprint density at radius 2 is 1.80 bits per heavy atom. The monoisotopic (exact) mass is 340 g/mol. The van der Waals surface area contributed by atoms with Crippen molar-refractivity contribution in [3.8, 4) is 5.75 Å². The van der Waals surface area contributed by atoms with Crippen LogP contribution >= 0.6 is 0 Å². The molecule has 5 heteroatoms. The normalized spacial score (nSPS) is 16.2. The first-order valence-electron chi connectivity index (χ1n) is 8.57. The van der Waals surface area contributed by atoms with Gasteiger partial charge in [0.2, 0.25) is 0 Å². The fourth-order valence-corrected chi connectivity index (χ4v) is 3.14. The van der Waals surface area contributed by atoms with Gasteiger partial charge in [0.25, 0.3) is 5.91 Å². The molecule has 1 amide bonds. The van der Waals surface area contributed by atoms with E-state index in [1.165, 1.54) is 5.56 Å². The summed E-state index contributed by atoms with van der Waals surface area (Å²) in [5.74, 6) is 0.467. The minimum Gasteiger partial charge on any atom is -0.496 e. The number of carbonyl (C=O) groups excluding carboxylic acids is 1. The zero-order valence-corrected chi connectivity index (χ0v) is 14.5. The average molecular weight is 340 g/mol. The quantitative estimate of drug-likeness (QED) is 0.878. The Balaban J connectivity index is 1.73. The molecule has 1 N–H and O–H groups in total. The Bertz CT molecular complexity index is 684. The Labute approximate surface area is 148 Å². The van der Waals surface area contributed by atoms with Crippen molar-refractivity contribution >= 4 is 5.91 Å². The van der Waals surface area contributed by atoms with Gasteiger partial charge in [0.15, 0.2) is 0 Å². The lowest BCUT2D eigenvalue weighted by Crippen LogP contribution is -2.43. The number of ether oxygens (including phenoxy) is 2. The molecule has 1 aliphatic heterocycles. The van der Waals surface area contributed by atoms with Gasteiger partial charge in [0.05, 0.1) is 31.9 Å². The summed E-state index contributed by atoms with van der Waals surface area (Å²) in [6, 6.07) is 17.7. The van der Waals surface area contributed by atoms with E-state index in [4.69, 9.17) is 9.47 Å². The first kappa shape index (κ1) is 17.5. The van der Waals surface area contributed by atoms with Crippen molar-refractivity contribution in [3.63, 3.8) is 0 Å². The van der Waals surface area contributed by atoms with E-state index in [0.717, 1.165) is 26.3 Å². The van der Waals surface area contributed by atoms with Gasteiger partial charge in [0.1, 0.15) is 5.75 Å². The minimum atomic E-state index is -0.119. The lowest BCUT2D eigenvalue weighted by Gasteiger charge is -2.35. The highest BCUT2D eigenvalue weighted by Crippen LogP contribution is 2.22. The number of amides is 1. The van der Waals surface area contributed by atoms with Crippen LogP contribution in [0.5, 0.6) is 5.75 Å². The number of morpholine rings is 1. The molecule has 1 heterocycles. The van der Waals surface area contributed by atoms with Gasteiger partial charge in [-0.1, -0.05) is 42.5 Å². The van der Waals surface area contributed by atoms with Crippen LogP contribution in [0.2, 0.25) is 0 Å². The van der Waals surface area contributed by atoms with Gasteiger partial charge >= 0.3 is 0 Å². The number of methoxy groups -OCH3 is 1. The molecule has 2 aromatic carbocycles. The molecule has 0 spiro atoms. The highest BCUT2D eigenvalue weighted by molar-refractivity contribution is 5.96. The molecule has 1 atom stereocenters. The summed E-state index contributed by atoms with van der Waals surface area (Å²) < 4.78 is 10.8. The SMILES string of the molecule is COc1ccccc1C(=O)NCC(c1ccccc1)N1CCOCC1. The zero-order chi connectivity index (χ0) is 17.5. The van der Waals surface area contributed by atoms with E-state index in [9.17, 15) is 4.79 Å². The van der Waals surface area contributed by atoms with E-state index in [2.05, 4.69) is 22.3 Å². The predicted molar refractivity (Wildman–Crippen MR) is 96.9 cm³/mol. The second kappa shape index (κ2) is 8.65. The molecule has 1 fully saturated rings. The third kappa shape index (κ3) is 4.38. The van der Waals surface area contributed by atoms with Crippen molar-refractivity contribution in [1.29, 1.82) is 0 Å². The van der Waals surface area contributed by atoms with E-state index in [-0.39, 0.29) is 11.9 Å². The lowest BCUT2D eigenvalue weighted by atomic mass is 10.0. The Kier molecular flexibility index (Phi) is 6.04. The Morgan fingerprint density at radius 1 is 1.12 bits per heavy atom. The molecule has 0 aliphatic carbocycles. The van der Waals surface area contributed by atoms with Crippen LogP contribution < -0.4 is 10.1 Å². The molecule has 3 rings (SSSR count). The van der Waals surface area contributed by atoms with Crippen molar-refractivity contribution in [2.75, 3.05) is 40.0 Å². The fourth-order valence-electron chi connectivity index (χ4n) is 3.14. The number of para-hydroxylation sites is 1. The molecular formula is C20H24N2O3. The average Bonchev–Trinajstić information content (AvgIpc) is 2.69. The van der Waals surface area contributed by atoms with Crippen LogP contribution in [0.25, 0.3) is 0 Å². The number of carbonyl (C=O) groups is 1. The second-order valence-corrected chi connectivity index (χ2v) is 5.99. The van der Waals surface area contributed by atoms with Crippen LogP contribution in [0.15, 0.2) is 54.6 Å². The van der Waals surface area contributed by atoms with Crippen LogP contribution in [0.4, 0.5) is 0 Å². The van der Waals surface area contributed by atoms with Crippen LogP contribution in [-0.2, 0) is 4.74 Å². The number of hydrogen-bond donors (Lipinski definition) is 1. The molecule has 1 saturated heterocycles. The number of rotatable bonds is 6. The molecule has 0 bridgehead atoms. The first-order valence-corrected chi connectivity index (χ1v) is 8.57. The molecule has 0 aromatic heterocycles. The summed E-state index contributed by atoms with van der Waals surface area (Å²) in [6.45, 7) is 3.72. The highest BCUT2D eigenvalue weighted by Gasteiger charge is 2.23. The maximum atomic E-state index is 12.6. The smallest absolute Gasteiger partial charge is 0.255 e. The van der Waals surface area contributed by atoms with Gasteiger partial charge in [-0.05, 0) is 17.7 Å². The molecule has 2 aromatic rings. The van der Waals surface area contributed by atoms with Crippen molar-refractivity contribution in [1.82, 2.24) is 10.2 Å². The summed E-state index contributed by atoms with van der Waals surface area (Å²) in [4.78, 5) is 15.0. The number of nitrogens with one attached hydrogen (secondary N) is 1. The summed E-state index contributed by atoms with van der Waals surface area (Å²) in [5, 5.41) is 3.07. The van der Waals surface area contributed by atoms with Crippen molar-refractivity contribution < 1.29 is 14.3 Å². The van der Waals surface area contributed by atoms with E-state index in [0.29, 0.717) is 17.9 Å². The van der Waals surface area contributed by atoms with Crippen molar-refractivity contribution in [3.05, 3.63) is 65.7 Å². The maximum absolute atomic E-state index is 12.6. The minimum absolute atomic E-state index is 0.119. The summed E-state index contributed by atoms with van der Waals surface area (Å²) in [6.07, 6.45) is 0. The van der Waals surface area contributed by atoms with E-state index in [1.807, 2.05) is 30.3 Å². The van der Waals surface area contributed by atoms with Crippen molar-refractivity contribution in [2.45, 2.75) is 6.04 Å². The van der Waals surface area contributed by atoms with Gasteiger partial charge in [0, 0.05) is 19.6 Å². The van der Waals surface area contributed by atoms with Crippen LogP contribution in [-0.4, -0.2) is 50.8 Å². The van der Waals surface area contributed by atoms with Crippen LogP contribution in [0.1, 0.15) is 22.0 Å². The molecule has 132 valence electrons. The predicted octanol–water partition coefficient (Wildman–Crippen LogP) is 2.50. The van der Waals surface area contributed by atoms with Crippen molar-refractivity contribution in [2.24, 2.45) is 0 Å². The molecule has 1 aliphatic rings. The largest absolute Gasteiger partial charge is 0.496 e. The molecule has 1 unspecified atom stereocenters. The summed E-state index contributed by atoms with van der Waals surface area (Å²) in [7, 11) is 1.58. The maximum Gasteiger partial charge on any atom is 0.255 e. The number of nitrogens with zero attached hydrogens (tertiary/aromatic N) is 1. The van der Waals surface area contributed by atoms with E-state index in [1.54, 1.807) is 19.2 Å².